The van der Waals surface area contributed by atoms with Crippen LogP contribution in [-0.2, 0) is 29.1 Å². The quantitative estimate of drug-likeness (QED) is 0.0926. The van der Waals surface area contributed by atoms with Crippen LogP contribution >= 0.6 is 0 Å². The minimum Gasteiger partial charge on any atom is -0.465 e. The van der Waals surface area contributed by atoms with Crippen molar-refractivity contribution >= 4 is 23.9 Å². The van der Waals surface area contributed by atoms with E-state index in [1.54, 1.807) is 54.2 Å². The smallest absolute Gasteiger partial charge is 0.405 e. The molecule has 0 aliphatic carbocycles. The molecule has 5 N–H and O–H groups in total. The van der Waals surface area contributed by atoms with Gasteiger partial charge in [-0.2, -0.15) is 0 Å². The number of nitrogens with one attached hydrogen (secondary N) is 3. The van der Waals surface area contributed by atoms with Crippen molar-refractivity contribution in [1.29, 1.82) is 0 Å². The summed E-state index contributed by atoms with van der Waals surface area (Å²) < 4.78 is 0. The first-order chi connectivity index (χ1) is 27.9. The predicted octanol–water partition coefficient (Wildman–Crippen LogP) is 5.41. The number of hydrogen-bond acceptors (Lipinski definition) is 8. The molecule has 1 fully saturated rings. The average Bonchev–Trinajstić information content (AvgIpc) is 3.52. The molecule has 0 spiro atoms. The second-order valence-electron chi connectivity index (χ2n) is 17.4. The highest BCUT2D eigenvalue weighted by Gasteiger charge is 2.44. The monoisotopic (exact) mass is 806 g/mol. The number of amides is 5. The molecule has 4 atom stereocenters. The molecule has 314 valence electrons. The van der Waals surface area contributed by atoms with Gasteiger partial charge in [0.2, 0.25) is 5.91 Å². The number of aliphatic hydroxyl groups excluding tert-OH is 1. The van der Waals surface area contributed by atoms with Crippen molar-refractivity contribution in [3.63, 3.8) is 0 Å². The topological polar surface area (TPSA) is 180 Å². The van der Waals surface area contributed by atoms with Gasteiger partial charge in [-0.3, -0.25) is 25.0 Å². The molecule has 0 radical (unpaired) electrons. The van der Waals surface area contributed by atoms with E-state index >= 15 is 0 Å². The molecule has 5 rings (SSSR count). The highest BCUT2D eigenvalue weighted by atomic mass is 16.4. The second kappa shape index (κ2) is 19.3. The maximum Gasteiger partial charge on any atom is 0.405 e. The van der Waals surface area contributed by atoms with E-state index in [1.807, 2.05) is 107 Å². The zero-order valence-electron chi connectivity index (χ0n) is 35.1. The minimum atomic E-state index is -1.34. The molecule has 14 heteroatoms. The van der Waals surface area contributed by atoms with Crippen LogP contribution in [0.1, 0.15) is 63.8 Å². The van der Waals surface area contributed by atoms with Gasteiger partial charge in [-0.25, -0.2) is 14.6 Å². The normalized spacial score (nSPS) is 15.4. The molecule has 2 aromatic carbocycles. The van der Waals surface area contributed by atoms with E-state index < -0.39 is 53.0 Å². The van der Waals surface area contributed by atoms with Gasteiger partial charge in [0.25, 0.3) is 5.91 Å². The fourth-order valence-corrected chi connectivity index (χ4v) is 7.33. The van der Waals surface area contributed by atoms with Crippen molar-refractivity contribution in [2.45, 2.75) is 92.2 Å². The molecule has 59 heavy (non-hydrogen) atoms. The predicted molar refractivity (Wildman–Crippen MR) is 225 cm³/mol. The second-order valence-corrected chi connectivity index (χ2v) is 17.4. The van der Waals surface area contributed by atoms with Gasteiger partial charge < -0.3 is 30.6 Å². The number of hydrazine groups is 1. The molecular weight excluding hydrogens is 749 g/mol. The van der Waals surface area contributed by atoms with Crippen molar-refractivity contribution in [3.05, 3.63) is 120 Å². The summed E-state index contributed by atoms with van der Waals surface area (Å²) in [6, 6.07) is 21.5. The molecular formula is C45H58N8O6. The lowest BCUT2D eigenvalue weighted by molar-refractivity contribution is -0.133. The Bertz CT molecular complexity index is 2040. The van der Waals surface area contributed by atoms with Crippen LogP contribution in [0.3, 0.4) is 0 Å². The van der Waals surface area contributed by atoms with Crippen LogP contribution in [0.5, 0.6) is 0 Å². The van der Waals surface area contributed by atoms with Gasteiger partial charge in [-0.15, -0.1) is 0 Å². The number of hydrogen-bond donors (Lipinski definition) is 5. The molecule has 1 aliphatic heterocycles. The lowest BCUT2D eigenvalue weighted by atomic mass is 9.84. The van der Waals surface area contributed by atoms with Gasteiger partial charge in [0.1, 0.15) is 12.1 Å². The summed E-state index contributed by atoms with van der Waals surface area (Å²) in [5, 5.41) is 28.7. The van der Waals surface area contributed by atoms with E-state index in [0.717, 1.165) is 33.5 Å². The van der Waals surface area contributed by atoms with Crippen LogP contribution in [0.4, 0.5) is 9.59 Å². The van der Waals surface area contributed by atoms with E-state index in [4.69, 9.17) is 0 Å². The van der Waals surface area contributed by atoms with Gasteiger partial charge in [-0.05, 0) is 64.6 Å². The lowest BCUT2D eigenvalue weighted by Crippen LogP contribution is -2.61. The largest absolute Gasteiger partial charge is 0.465 e. The highest BCUT2D eigenvalue weighted by molar-refractivity contribution is 5.89. The summed E-state index contributed by atoms with van der Waals surface area (Å²) in [5.74, 6) is -1.02. The number of aryl methyl sites for hydroxylation is 1. The third kappa shape index (κ3) is 12.1. The van der Waals surface area contributed by atoms with Gasteiger partial charge in [0.05, 0.1) is 17.8 Å². The van der Waals surface area contributed by atoms with Crippen molar-refractivity contribution in [1.82, 2.24) is 40.8 Å². The van der Waals surface area contributed by atoms with E-state index in [1.165, 1.54) is 0 Å². The number of carbonyl (C=O) groups excluding carboxylic acids is 3. The number of rotatable bonds is 16. The Kier molecular flexibility index (Phi) is 14.4. The third-order valence-electron chi connectivity index (χ3n) is 10.5. The summed E-state index contributed by atoms with van der Waals surface area (Å²) in [6.45, 7) is 14.1. The Morgan fingerprint density at radius 3 is 2.14 bits per heavy atom. The number of urea groups is 1. The Morgan fingerprint density at radius 1 is 0.831 bits per heavy atom. The molecule has 3 heterocycles. The van der Waals surface area contributed by atoms with Crippen molar-refractivity contribution in [3.8, 4) is 11.3 Å². The van der Waals surface area contributed by atoms with Crippen molar-refractivity contribution in [2.75, 3.05) is 19.6 Å². The molecule has 0 saturated carbocycles. The number of carboxylic acid groups (broad SMARTS) is 1. The Balaban J connectivity index is 1.41. The number of pyridine rings is 2. The Morgan fingerprint density at radius 2 is 1.53 bits per heavy atom. The maximum atomic E-state index is 14.6. The van der Waals surface area contributed by atoms with Crippen molar-refractivity contribution < 1.29 is 29.4 Å². The Labute approximate surface area is 347 Å². The molecule has 0 bridgehead atoms. The van der Waals surface area contributed by atoms with Crippen LogP contribution in [-0.4, -0.2) is 103 Å². The lowest BCUT2D eigenvalue weighted by Gasteiger charge is -2.38. The fourth-order valence-electron chi connectivity index (χ4n) is 7.33. The number of aliphatic hydroxyl groups is 1. The first kappa shape index (κ1) is 44.2. The summed E-state index contributed by atoms with van der Waals surface area (Å²) in [5.41, 5.74) is 6.71. The molecule has 14 nitrogen and oxygen atoms in total. The number of benzene rings is 2. The third-order valence-corrected chi connectivity index (χ3v) is 10.5. The molecule has 1 saturated heterocycles. The summed E-state index contributed by atoms with van der Waals surface area (Å²) in [6.07, 6.45) is 2.84. The van der Waals surface area contributed by atoms with E-state index in [0.29, 0.717) is 19.6 Å². The fraction of sp³-hybridized carbons (Fsp3) is 0.422. The minimum absolute atomic E-state index is 0.139. The zero-order chi connectivity index (χ0) is 42.9. The molecule has 4 aromatic rings. The Hall–Kier alpha value is -5.86. The molecule has 1 aliphatic rings. The molecule has 5 amide bonds. The van der Waals surface area contributed by atoms with Crippen LogP contribution in [0.25, 0.3) is 11.3 Å². The average molecular weight is 807 g/mol. The zero-order valence-corrected chi connectivity index (χ0v) is 35.1. The van der Waals surface area contributed by atoms with Gasteiger partial charge in [0.15, 0.2) is 0 Å². The van der Waals surface area contributed by atoms with Gasteiger partial charge in [0, 0.05) is 56.9 Å². The van der Waals surface area contributed by atoms with Crippen LogP contribution in [0.15, 0.2) is 97.5 Å². The SMILES string of the molecule is Cc1ccncc1CN1CCN([C@H](C(=O)N[C@@H](Cc2ccccc2)[C@@H](O)CN(Cc2ccc(-c3ccccn3)cc2)NC(=O)[C@@H](NC(=O)O)C(C)(C)C)C(C)(C)C)C1=O. The summed E-state index contributed by atoms with van der Waals surface area (Å²) in [4.78, 5) is 66.1. The highest BCUT2D eigenvalue weighted by Crippen LogP contribution is 2.29. The number of carbonyl (C=O) groups is 4. The van der Waals surface area contributed by atoms with Crippen LogP contribution in [0.2, 0.25) is 0 Å². The van der Waals surface area contributed by atoms with Gasteiger partial charge >= 0.3 is 12.1 Å². The number of aromatic nitrogens is 2. The molecule has 2 aromatic heterocycles. The number of nitrogens with zero attached hydrogens (tertiary/aromatic N) is 5. The standard InChI is InChI=1S/C45H58N8O6/c1-30-20-22-46-26-34(30)28-51-23-24-53(43(51)59)39(45(5,6)7)41(56)48-36(25-31-13-9-8-10-14-31)37(54)29-52(50-40(55)38(44(2,3)4)49-42(57)58)27-32-16-18-33(19-17-32)35-15-11-12-21-47-35/h8-22,26,36-39,49,54H,23-25,27-29H2,1-7H3,(H,48,56)(H,50,55)(H,57,58)/t36-,37-,38+,39+/m0/s1. The van der Waals surface area contributed by atoms with Crippen LogP contribution in [0, 0.1) is 17.8 Å². The van der Waals surface area contributed by atoms with Crippen molar-refractivity contribution in [2.24, 2.45) is 10.8 Å². The maximum absolute atomic E-state index is 14.6. The molecule has 0 unspecified atom stereocenters. The summed E-state index contributed by atoms with van der Waals surface area (Å²) >= 11 is 0. The van der Waals surface area contributed by atoms with E-state index in [-0.39, 0.29) is 25.5 Å². The summed E-state index contributed by atoms with van der Waals surface area (Å²) in [7, 11) is 0. The van der Waals surface area contributed by atoms with E-state index in [9.17, 15) is 29.4 Å². The van der Waals surface area contributed by atoms with E-state index in [2.05, 4.69) is 26.0 Å². The van der Waals surface area contributed by atoms with Gasteiger partial charge in [-0.1, -0.05) is 102 Å². The van der Waals surface area contributed by atoms with Crippen LogP contribution < -0.4 is 16.1 Å². The first-order valence-electron chi connectivity index (χ1n) is 19.9. The first-order valence-corrected chi connectivity index (χ1v) is 19.9.